The zero-order valence-electron chi connectivity index (χ0n) is 9.28. The second kappa shape index (κ2) is 4.29. The van der Waals surface area contributed by atoms with Crippen molar-refractivity contribution in [1.29, 1.82) is 0 Å². The fourth-order valence-corrected chi connectivity index (χ4v) is 1.71. The Bertz CT molecular complexity index is 608. The molecule has 0 saturated heterocycles. The van der Waals surface area contributed by atoms with E-state index in [0.29, 0.717) is 6.29 Å². The summed E-state index contributed by atoms with van der Waals surface area (Å²) >= 11 is 0. The van der Waals surface area contributed by atoms with E-state index in [4.69, 9.17) is 4.74 Å². The largest absolute Gasteiger partial charge is 0.496 e. The van der Waals surface area contributed by atoms with Gasteiger partial charge in [0.15, 0.2) is 6.29 Å². The minimum absolute atomic E-state index is 0.0588. The van der Waals surface area contributed by atoms with Crippen LogP contribution in [0.5, 0.6) is 5.75 Å². The SMILES string of the molecule is COc1cc2nccc(C(F)(F)F)c2cc1C=O. The summed E-state index contributed by atoms with van der Waals surface area (Å²) in [6.45, 7) is 0. The van der Waals surface area contributed by atoms with Gasteiger partial charge in [-0.1, -0.05) is 0 Å². The Hall–Kier alpha value is -2.11. The minimum atomic E-state index is -4.49. The van der Waals surface area contributed by atoms with Crippen molar-refractivity contribution in [1.82, 2.24) is 4.98 Å². The van der Waals surface area contributed by atoms with Gasteiger partial charge in [-0.25, -0.2) is 0 Å². The van der Waals surface area contributed by atoms with Crippen LogP contribution < -0.4 is 4.74 Å². The minimum Gasteiger partial charge on any atom is -0.496 e. The van der Waals surface area contributed by atoms with Crippen molar-refractivity contribution in [2.45, 2.75) is 6.18 Å². The summed E-state index contributed by atoms with van der Waals surface area (Å²) in [5.74, 6) is 0.198. The van der Waals surface area contributed by atoms with E-state index in [0.717, 1.165) is 18.3 Å². The first-order chi connectivity index (χ1) is 8.47. The molecule has 94 valence electrons. The Balaban J connectivity index is 2.81. The van der Waals surface area contributed by atoms with Crippen LogP contribution in [0.2, 0.25) is 0 Å². The monoisotopic (exact) mass is 255 g/mol. The zero-order valence-corrected chi connectivity index (χ0v) is 9.28. The summed E-state index contributed by atoms with van der Waals surface area (Å²) in [6.07, 6.45) is -2.97. The summed E-state index contributed by atoms with van der Waals surface area (Å²) in [5, 5.41) is -0.118. The molecule has 0 atom stereocenters. The lowest BCUT2D eigenvalue weighted by Crippen LogP contribution is -2.06. The second-order valence-electron chi connectivity index (χ2n) is 3.59. The summed E-state index contributed by atoms with van der Waals surface area (Å²) in [5.41, 5.74) is -0.631. The first kappa shape index (κ1) is 12.3. The van der Waals surface area contributed by atoms with E-state index in [1.807, 2.05) is 0 Å². The highest BCUT2D eigenvalue weighted by molar-refractivity contribution is 5.92. The van der Waals surface area contributed by atoms with Crippen molar-refractivity contribution in [2.24, 2.45) is 0 Å². The predicted octanol–water partition coefficient (Wildman–Crippen LogP) is 3.07. The van der Waals surface area contributed by atoms with Crippen molar-refractivity contribution in [3.63, 3.8) is 0 Å². The number of aldehydes is 1. The number of hydrogen-bond acceptors (Lipinski definition) is 3. The van der Waals surface area contributed by atoms with Crippen LogP contribution in [0, 0.1) is 0 Å². The van der Waals surface area contributed by atoms with Crippen LogP contribution in [0.15, 0.2) is 24.4 Å². The molecule has 0 aliphatic heterocycles. The number of aromatic nitrogens is 1. The number of methoxy groups -OCH3 is 1. The molecular weight excluding hydrogens is 247 g/mol. The van der Waals surface area contributed by atoms with Gasteiger partial charge in [0.05, 0.1) is 23.8 Å². The molecule has 0 bridgehead atoms. The lowest BCUT2D eigenvalue weighted by Gasteiger charge is -2.11. The van der Waals surface area contributed by atoms with Crippen LogP contribution in [0.4, 0.5) is 13.2 Å². The molecule has 0 fully saturated rings. The van der Waals surface area contributed by atoms with Crippen LogP contribution in [-0.2, 0) is 6.18 Å². The molecule has 2 rings (SSSR count). The molecule has 3 nitrogen and oxygen atoms in total. The van der Waals surface area contributed by atoms with Gasteiger partial charge in [-0.3, -0.25) is 9.78 Å². The molecule has 18 heavy (non-hydrogen) atoms. The number of benzene rings is 1. The molecule has 2 aromatic rings. The number of carbonyl (C=O) groups excluding carboxylic acids is 1. The average molecular weight is 255 g/mol. The Kier molecular flexibility index (Phi) is 2.94. The van der Waals surface area contributed by atoms with Gasteiger partial charge in [-0.05, 0) is 12.1 Å². The maximum absolute atomic E-state index is 12.8. The summed E-state index contributed by atoms with van der Waals surface area (Å²) in [7, 11) is 1.34. The smallest absolute Gasteiger partial charge is 0.417 e. The molecule has 0 aliphatic carbocycles. The third kappa shape index (κ3) is 2.01. The van der Waals surface area contributed by atoms with Gasteiger partial charge in [0, 0.05) is 17.6 Å². The molecule has 0 radical (unpaired) electrons. The van der Waals surface area contributed by atoms with Crippen LogP contribution in [0.3, 0.4) is 0 Å². The molecule has 1 aromatic heterocycles. The molecule has 0 unspecified atom stereocenters. The van der Waals surface area contributed by atoms with E-state index in [-0.39, 0.29) is 22.2 Å². The topological polar surface area (TPSA) is 39.2 Å². The quantitative estimate of drug-likeness (QED) is 0.774. The summed E-state index contributed by atoms with van der Waals surface area (Å²) in [6, 6.07) is 3.33. The Morgan fingerprint density at radius 1 is 1.33 bits per heavy atom. The zero-order chi connectivity index (χ0) is 13.3. The first-order valence-electron chi connectivity index (χ1n) is 4.96. The van der Waals surface area contributed by atoms with Gasteiger partial charge in [-0.2, -0.15) is 13.2 Å². The number of carbonyl (C=O) groups is 1. The van der Waals surface area contributed by atoms with Crippen molar-refractivity contribution >= 4 is 17.2 Å². The normalized spacial score (nSPS) is 11.6. The van der Waals surface area contributed by atoms with E-state index in [1.165, 1.54) is 13.2 Å². The first-order valence-corrected chi connectivity index (χ1v) is 4.96. The average Bonchev–Trinajstić information content (AvgIpc) is 2.35. The van der Waals surface area contributed by atoms with Gasteiger partial charge in [0.2, 0.25) is 0 Å². The fraction of sp³-hybridized carbons (Fsp3) is 0.167. The van der Waals surface area contributed by atoms with Crippen LogP contribution >= 0.6 is 0 Å². The van der Waals surface area contributed by atoms with Gasteiger partial charge >= 0.3 is 6.18 Å². The molecule has 1 aromatic carbocycles. The molecule has 6 heteroatoms. The number of pyridine rings is 1. The highest BCUT2D eigenvalue weighted by atomic mass is 19.4. The van der Waals surface area contributed by atoms with E-state index < -0.39 is 11.7 Å². The lowest BCUT2D eigenvalue weighted by molar-refractivity contribution is -0.136. The number of rotatable bonds is 2. The van der Waals surface area contributed by atoms with Crippen molar-refractivity contribution in [3.05, 3.63) is 35.5 Å². The Morgan fingerprint density at radius 3 is 2.61 bits per heavy atom. The number of ether oxygens (including phenoxy) is 1. The van der Waals surface area contributed by atoms with Crippen LogP contribution in [0.1, 0.15) is 15.9 Å². The molecule has 1 heterocycles. The standard InChI is InChI=1S/C12H8F3NO2/c1-18-11-5-10-8(4-7(11)6-17)9(2-3-16-10)12(13,14)15/h2-6H,1H3. The van der Waals surface area contributed by atoms with E-state index in [1.54, 1.807) is 0 Å². The van der Waals surface area contributed by atoms with E-state index in [9.17, 15) is 18.0 Å². The Morgan fingerprint density at radius 2 is 2.06 bits per heavy atom. The molecule has 0 N–H and O–H groups in total. The number of hydrogen-bond donors (Lipinski definition) is 0. The lowest BCUT2D eigenvalue weighted by atomic mass is 10.1. The second-order valence-corrected chi connectivity index (χ2v) is 3.59. The van der Waals surface area contributed by atoms with Crippen LogP contribution in [0.25, 0.3) is 10.9 Å². The number of fused-ring (bicyclic) bond motifs is 1. The molecular formula is C12H8F3NO2. The highest BCUT2D eigenvalue weighted by Crippen LogP contribution is 2.35. The highest BCUT2D eigenvalue weighted by Gasteiger charge is 2.32. The van der Waals surface area contributed by atoms with Gasteiger partial charge in [-0.15, -0.1) is 0 Å². The maximum Gasteiger partial charge on any atom is 0.417 e. The molecule has 0 aliphatic rings. The molecule has 0 saturated carbocycles. The van der Waals surface area contributed by atoms with Gasteiger partial charge in [0.1, 0.15) is 5.75 Å². The Labute approximate surface area is 100 Å². The van der Waals surface area contributed by atoms with E-state index in [2.05, 4.69) is 4.98 Å². The maximum atomic E-state index is 12.8. The van der Waals surface area contributed by atoms with E-state index >= 15 is 0 Å². The third-order valence-electron chi connectivity index (χ3n) is 2.53. The predicted molar refractivity (Wildman–Crippen MR) is 58.7 cm³/mol. The van der Waals surface area contributed by atoms with Crippen molar-refractivity contribution < 1.29 is 22.7 Å². The van der Waals surface area contributed by atoms with Gasteiger partial charge in [0.25, 0.3) is 0 Å². The number of nitrogens with zero attached hydrogens (tertiary/aromatic N) is 1. The van der Waals surface area contributed by atoms with Gasteiger partial charge < -0.3 is 4.74 Å². The van der Waals surface area contributed by atoms with Crippen molar-refractivity contribution in [3.8, 4) is 5.75 Å². The summed E-state index contributed by atoms with van der Waals surface area (Å²) in [4.78, 5) is 14.7. The fourth-order valence-electron chi connectivity index (χ4n) is 1.71. The van der Waals surface area contributed by atoms with Crippen molar-refractivity contribution in [2.75, 3.05) is 7.11 Å². The molecule has 0 spiro atoms. The number of alkyl halides is 3. The molecule has 0 amide bonds. The third-order valence-corrected chi connectivity index (χ3v) is 2.53. The summed E-state index contributed by atoms with van der Waals surface area (Å²) < 4.78 is 43.3. The van der Waals surface area contributed by atoms with Crippen LogP contribution in [-0.4, -0.2) is 18.4 Å². The number of halogens is 3.